The minimum Gasteiger partial charge on any atom is -0.478 e. The van der Waals surface area contributed by atoms with Crippen molar-refractivity contribution in [3.8, 4) is 0 Å². The minimum atomic E-state index is -1.21. The number of aromatic carboxylic acids is 1. The Kier molecular flexibility index (Phi) is 4.49. The van der Waals surface area contributed by atoms with Gasteiger partial charge in [0.2, 0.25) is 5.69 Å². The number of hydrogen-bond acceptors (Lipinski definition) is 9. The lowest BCUT2D eigenvalue weighted by Gasteiger charge is -2.08. The molecule has 0 saturated carbocycles. The van der Waals surface area contributed by atoms with E-state index in [9.17, 15) is 35.1 Å². The number of nitrogens with one attached hydrogen (secondary N) is 1. The number of carboxylic acid groups (broad SMARTS) is 1. The lowest BCUT2D eigenvalue weighted by atomic mass is 10.2. The molecule has 0 fully saturated rings. The molecule has 1 heterocycles. The van der Waals surface area contributed by atoms with Crippen LogP contribution in [0.15, 0.2) is 30.3 Å². The van der Waals surface area contributed by atoms with Crippen molar-refractivity contribution < 1.29 is 24.7 Å². The molecule has 0 saturated heterocycles. The summed E-state index contributed by atoms with van der Waals surface area (Å²) in [6, 6.07) is 5.26. The molecular weight excluding hydrogens is 342 g/mol. The van der Waals surface area contributed by atoms with Crippen LogP contribution in [0.25, 0.3) is 0 Å². The largest absolute Gasteiger partial charge is 0.478 e. The third kappa shape index (κ3) is 3.61. The molecule has 25 heavy (non-hydrogen) atoms. The average Bonchev–Trinajstić information content (AvgIpc) is 2.54. The number of aromatic nitrogens is 1. The summed E-state index contributed by atoms with van der Waals surface area (Å²) < 4.78 is 0. The molecule has 13 nitrogen and oxygen atoms in total. The van der Waals surface area contributed by atoms with Gasteiger partial charge in [0.1, 0.15) is 6.07 Å². The molecule has 1 aromatic carbocycles. The van der Waals surface area contributed by atoms with Gasteiger partial charge in [-0.05, 0) is 34.1 Å². The Balaban J connectivity index is 2.58. The van der Waals surface area contributed by atoms with Crippen LogP contribution in [0.1, 0.15) is 10.4 Å². The van der Waals surface area contributed by atoms with Gasteiger partial charge in [0.15, 0.2) is 0 Å². The zero-order valence-electron chi connectivity index (χ0n) is 12.0. The number of nitro groups is 3. The molecule has 0 bridgehead atoms. The maximum absolute atomic E-state index is 11.1. The fourth-order valence-electron chi connectivity index (χ4n) is 1.84. The van der Waals surface area contributed by atoms with Crippen molar-refractivity contribution in [3.05, 3.63) is 66.2 Å². The van der Waals surface area contributed by atoms with Gasteiger partial charge in [0.25, 0.3) is 0 Å². The van der Waals surface area contributed by atoms with Crippen LogP contribution in [0.3, 0.4) is 0 Å². The van der Waals surface area contributed by atoms with Crippen LogP contribution < -0.4 is 5.32 Å². The SMILES string of the molecule is O=C(O)c1ccc(Nc2c([N+](=O)[O-])cc([N+](=O)[O-])nc2[N+](=O)[O-])cc1. The summed E-state index contributed by atoms with van der Waals surface area (Å²) in [6.07, 6.45) is 0. The van der Waals surface area contributed by atoms with E-state index in [1.165, 1.54) is 24.3 Å². The highest BCUT2D eigenvalue weighted by Gasteiger charge is 2.32. The van der Waals surface area contributed by atoms with E-state index in [1.807, 2.05) is 0 Å². The first-order valence-corrected chi connectivity index (χ1v) is 6.29. The molecular formula is C12H7N5O8. The summed E-state index contributed by atoms with van der Waals surface area (Å²) >= 11 is 0. The summed E-state index contributed by atoms with van der Waals surface area (Å²) in [5.74, 6) is -3.37. The number of nitrogens with zero attached hydrogens (tertiary/aromatic N) is 4. The molecule has 2 aromatic rings. The third-order valence-corrected chi connectivity index (χ3v) is 2.92. The van der Waals surface area contributed by atoms with Crippen LogP contribution in [0.4, 0.5) is 28.7 Å². The second kappa shape index (κ2) is 6.53. The van der Waals surface area contributed by atoms with E-state index >= 15 is 0 Å². The van der Waals surface area contributed by atoms with E-state index in [2.05, 4.69) is 10.3 Å². The zero-order chi connectivity index (χ0) is 18.7. The number of anilines is 2. The summed E-state index contributed by atoms with van der Waals surface area (Å²) in [7, 11) is 0. The average molecular weight is 349 g/mol. The second-order valence-electron chi connectivity index (χ2n) is 4.48. The number of carboxylic acids is 1. The van der Waals surface area contributed by atoms with Gasteiger partial charge >= 0.3 is 23.3 Å². The van der Waals surface area contributed by atoms with E-state index in [0.29, 0.717) is 6.07 Å². The molecule has 0 aliphatic heterocycles. The maximum Gasteiger partial charge on any atom is 0.399 e. The smallest absolute Gasteiger partial charge is 0.399 e. The van der Waals surface area contributed by atoms with Crippen molar-refractivity contribution in [2.24, 2.45) is 0 Å². The van der Waals surface area contributed by atoms with E-state index in [1.54, 1.807) is 0 Å². The van der Waals surface area contributed by atoms with E-state index < -0.39 is 43.7 Å². The predicted molar refractivity (Wildman–Crippen MR) is 80.9 cm³/mol. The lowest BCUT2D eigenvalue weighted by Crippen LogP contribution is -2.06. The summed E-state index contributed by atoms with van der Waals surface area (Å²) in [4.78, 5) is 43.7. The Hall–Kier alpha value is -4.16. The minimum absolute atomic E-state index is 0.0728. The van der Waals surface area contributed by atoms with Gasteiger partial charge in [-0.1, -0.05) is 0 Å². The highest BCUT2D eigenvalue weighted by molar-refractivity contribution is 5.88. The third-order valence-electron chi connectivity index (χ3n) is 2.92. The van der Waals surface area contributed by atoms with Crippen LogP contribution in [0.2, 0.25) is 0 Å². The fourth-order valence-corrected chi connectivity index (χ4v) is 1.84. The molecule has 0 amide bonds. The van der Waals surface area contributed by atoms with Crippen molar-refractivity contribution in [2.45, 2.75) is 0 Å². The summed E-state index contributed by atoms with van der Waals surface area (Å²) in [6.45, 7) is 0. The van der Waals surface area contributed by atoms with Crippen LogP contribution in [-0.2, 0) is 0 Å². The van der Waals surface area contributed by atoms with Crippen molar-refractivity contribution in [1.82, 2.24) is 4.98 Å². The van der Waals surface area contributed by atoms with Gasteiger partial charge < -0.3 is 30.7 Å². The zero-order valence-corrected chi connectivity index (χ0v) is 12.0. The van der Waals surface area contributed by atoms with Crippen LogP contribution in [0.5, 0.6) is 0 Å². The number of carbonyl (C=O) groups is 1. The van der Waals surface area contributed by atoms with Crippen LogP contribution >= 0.6 is 0 Å². The first kappa shape index (κ1) is 17.2. The Labute approximate surface area is 137 Å². The first-order valence-electron chi connectivity index (χ1n) is 6.29. The van der Waals surface area contributed by atoms with Gasteiger partial charge in [0, 0.05) is 10.7 Å². The Morgan fingerprint density at radius 1 is 1.00 bits per heavy atom. The standard InChI is InChI=1S/C12H7N5O8/c18-12(19)6-1-3-7(4-2-6)13-10-8(15(20)21)5-9(16(22)23)14-11(10)17(24)25/h1-5,13H,(H,18,19). The topological polar surface area (TPSA) is 192 Å². The Morgan fingerprint density at radius 3 is 2.04 bits per heavy atom. The van der Waals surface area contributed by atoms with Gasteiger partial charge in [0.05, 0.1) is 10.5 Å². The molecule has 0 aliphatic carbocycles. The van der Waals surface area contributed by atoms with Gasteiger partial charge in [-0.25, -0.2) is 4.79 Å². The van der Waals surface area contributed by atoms with Crippen molar-refractivity contribution in [3.63, 3.8) is 0 Å². The number of hydrogen-bond donors (Lipinski definition) is 2. The molecule has 13 heteroatoms. The maximum atomic E-state index is 11.1. The second-order valence-corrected chi connectivity index (χ2v) is 4.48. The molecule has 0 unspecified atom stereocenters. The molecule has 1 aromatic heterocycles. The monoisotopic (exact) mass is 349 g/mol. The number of pyridine rings is 1. The fraction of sp³-hybridized carbons (Fsp3) is 0. The molecule has 0 atom stereocenters. The highest BCUT2D eigenvalue weighted by Crippen LogP contribution is 2.37. The summed E-state index contributed by atoms with van der Waals surface area (Å²) in [5.41, 5.74) is -1.57. The molecule has 0 aliphatic rings. The van der Waals surface area contributed by atoms with Crippen molar-refractivity contribution in [1.29, 1.82) is 0 Å². The van der Waals surface area contributed by atoms with Gasteiger partial charge in [-0.2, -0.15) is 0 Å². The number of benzene rings is 1. The van der Waals surface area contributed by atoms with Gasteiger partial charge in [-0.3, -0.25) is 10.1 Å². The van der Waals surface area contributed by atoms with Crippen molar-refractivity contribution in [2.75, 3.05) is 5.32 Å². The van der Waals surface area contributed by atoms with Gasteiger partial charge in [-0.15, -0.1) is 0 Å². The van der Waals surface area contributed by atoms with E-state index in [-0.39, 0.29) is 11.3 Å². The number of rotatable bonds is 6. The van der Waals surface area contributed by atoms with Crippen LogP contribution in [0, 0.1) is 30.3 Å². The Bertz CT molecular complexity index is 860. The highest BCUT2D eigenvalue weighted by atomic mass is 16.6. The van der Waals surface area contributed by atoms with Crippen LogP contribution in [-0.4, -0.2) is 30.8 Å². The summed E-state index contributed by atoms with van der Waals surface area (Å²) in [5, 5.41) is 44.1. The van der Waals surface area contributed by atoms with E-state index in [0.717, 1.165) is 0 Å². The normalized spacial score (nSPS) is 10.1. The molecule has 0 radical (unpaired) electrons. The predicted octanol–water partition coefficient (Wildman–Crippen LogP) is 2.25. The molecule has 2 rings (SSSR count). The molecule has 2 N–H and O–H groups in total. The quantitative estimate of drug-likeness (QED) is 0.577. The first-order chi connectivity index (χ1) is 11.7. The molecule has 128 valence electrons. The Morgan fingerprint density at radius 2 is 1.60 bits per heavy atom. The lowest BCUT2D eigenvalue weighted by molar-refractivity contribution is -0.408. The van der Waals surface area contributed by atoms with E-state index in [4.69, 9.17) is 5.11 Å². The molecule has 0 spiro atoms. The van der Waals surface area contributed by atoms with Crippen molar-refractivity contribution >= 4 is 34.7 Å².